The number of ether oxygens (including phenoxy) is 1. The Hall–Kier alpha value is -3.88. The van der Waals surface area contributed by atoms with Crippen LogP contribution in [-0.2, 0) is 19.1 Å². The molecule has 1 heterocycles. The molecular formula is C26H27N3O6. The van der Waals surface area contributed by atoms with E-state index in [2.05, 4.69) is 17.4 Å². The van der Waals surface area contributed by atoms with Gasteiger partial charge < -0.3 is 25.0 Å². The van der Waals surface area contributed by atoms with E-state index in [0.717, 1.165) is 22.3 Å². The molecule has 182 valence electrons. The molecule has 0 bridgehead atoms. The molecule has 0 radical (unpaired) electrons. The van der Waals surface area contributed by atoms with E-state index in [1.54, 1.807) is 0 Å². The molecule has 1 atom stereocenters. The van der Waals surface area contributed by atoms with Gasteiger partial charge in [-0.05, 0) is 42.0 Å². The fourth-order valence-corrected chi connectivity index (χ4v) is 5.05. The van der Waals surface area contributed by atoms with Gasteiger partial charge in [-0.15, -0.1) is 0 Å². The first-order valence-corrected chi connectivity index (χ1v) is 11.8. The smallest absolute Gasteiger partial charge is 0.408 e. The molecule has 1 saturated carbocycles. The maximum atomic E-state index is 13.1. The van der Waals surface area contributed by atoms with Crippen LogP contribution in [0.3, 0.4) is 0 Å². The number of amides is 3. The van der Waals surface area contributed by atoms with Gasteiger partial charge in [0.05, 0.1) is 6.54 Å². The summed E-state index contributed by atoms with van der Waals surface area (Å²) >= 11 is 0. The van der Waals surface area contributed by atoms with E-state index >= 15 is 0 Å². The van der Waals surface area contributed by atoms with E-state index in [9.17, 15) is 19.2 Å². The van der Waals surface area contributed by atoms with Crippen molar-refractivity contribution in [3.05, 3.63) is 59.7 Å². The normalized spacial score (nSPS) is 18.9. The zero-order chi connectivity index (χ0) is 24.7. The van der Waals surface area contributed by atoms with Crippen molar-refractivity contribution in [3.63, 3.8) is 0 Å². The minimum absolute atomic E-state index is 0.0825. The van der Waals surface area contributed by atoms with E-state index in [4.69, 9.17) is 9.84 Å². The highest BCUT2D eigenvalue weighted by Gasteiger charge is 2.54. The van der Waals surface area contributed by atoms with E-state index < -0.39 is 29.6 Å². The molecule has 2 aliphatic carbocycles. The van der Waals surface area contributed by atoms with E-state index in [1.165, 1.54) is 16.7 Å². The number of aliphatic carboxylic acids is 1. The number of piperazine rings is 1. The molecule has 5 rings (SSSR count). The first-order chi connectivity index (χ1) is 16.8. The van der Waals surface area contributed by atoms with Crippen molar-refractivity contribution in [2.75, 3.05) is 26.2 Å². The summed E-state index contributed by atoms with van der Waals surface area (Å²) in [4.78, 5) is 52.1. The van der Waals surface area contributed by atoms with Crippen LogP contribution >= 0.6 is 0 Å². The summed E-state index contributed by atoms with van der Waals surface area (Å²) in [7, 11) is 0. The number of fused-ring (bicyclic) bond motifs is 3. The average Bonchev–Trinajstić information content (AvgIpc) is 3.56. The van der Waals surface area contributed by atoms with Crippen molar-refractivity contribution in [2.24, 2.45) is 0 Å². The summed E-state index contributed by atoms with van der Waals surface area (Å²) < 4.78 is 5.59. The Bertz CT molecular complexity index is 1160. The number of nitrogens with zero attached hydrogens (tertiary/aromatic N) is 2. The highest BCUT2D eigenvalue weighted by atomic mass is 16.5. The predicted molar refractivity (Wildman–Crippen MR) is 126 cm³/mol. The topological polar surface area (TPSA) is 116 Å². The third-order valence-corrected chi connectivity index (χ3v) is 7.21. The van der Waals surface area contributed by atoms with Crippen LogP contribution in [0.2, 0.25) is 0 Å². The molecule has 1 aliphatic heterocycles. The Morgan fingerprint density at radius 2 is 1.66 bits per heavy atom. The van der Waals surface area contributed by atoms with Crippen LogP contribution in [-0.4, -0.2) is 76.6 Å². The number of rotatable bonds is 6. The zero-order valence-electron chi connectivity index (χ0n) is 19.4. The number of alkyl carbamates (subject to hydrolysis) is 1. The molecule has 2 fully saturated rings. The van der Waals surface area contributed by atoms with E-state index in [0.29, 0.717) is 12.8 Å². The fourth-order valence-electron chi connectivity index (χ4n) is 5.05. The second-order valence-electron chi connectivity index (χ2n) is 9.36. The second-order valence-corrected chi connectivity index (χ2v) is 9.36. The van der Waals surface area contributed by atoms with Gasteiger partial charge in [-0.1, -0.05) is 48.5 Å². The van der Waals surface area contributed by atoms with Gasteiger partial charge in [-0.2, -0.15) is 0 Å². The third-order valence-electron chi connectivity index (χ3n) is 7.21. The summed E-state index contributed by atoms with van der Waals surface area (Å²) in [5, 5.41) is 11.9. The summed E-state index contributed by atoms with van der Waals surface area (Å²) in [5.41, 5.74) is 3.40. The van der Waals surface area contributed by atoms with Crippen LogP contribution in [0, 0.1) is 0 Å². The number of benzene rings is 2. The molecule has 9 heteroatoms. The number of carboxylic acids is 1. The molecule has 9 nitrogen and oxygen atoms in total. The Balaban J connectivity index is 1.20. The molecule has 35 heavy (non-hydrogen) atoms. The standard InChI is InChI=1S/C26H27N3O6/c1-16(23(31)32)29-13-12-28(14-22(29)30)24(33)26(10-11-26)27-25(34)35-15-21-19-8-4-2-6-17(19)18-7-3-5-9-20(18)21/h2-9,16,21H,10-15H2,1H3,(H,27,34)(H,31,32). The number of hydrogen-bond acceptors (Lipinski definition) is 5. The molecule has 2 N–H and O–H groups in total. The maximum absolute atomic E-state index is 13.1. The summed E-state index contributed by atoms with van der Waals surface area (Å²) in [6.07, 6.45) is 0.272. The number of carboxylic acid groups (broad SMARTS) is 1. The first kappa shape index (κ1) is 22.9. The summed E-state index contributed by atoms with van der Waals surface area (Å²) in [5.74, 6) is -1.92. The van der Waals surface area contributed by atoms with Gasteiger partial charge in [0.25, 0.3) is 0 Å². The minimum Gasteiger partial charge on any atom is -0.480 e. The highest BCUT2D eigenvalue weighted by molar-refractivity contribution is 5.96. The highest BCUT2D eigenvalue weighted by Crippen LogP contribution is 2.44. The van der Waals surface area contributed by atoms with Crippen molar-refractivity contribution < 1.29 is 29.0 Å². The van der Waals surface area contributed by atoms with Crippen LogP contribution in [0.15, 0.2) is 48.5 Å². The van der Waals surface area contributed by atoms with Gasteiger partial charge in [-0.3, -0.25) is 9.59 Å². The lowest BCUT2D eigenvalue weighted by Gasteiger charge is -2.37. The number of nitrogens with one attached hydrogen (secondary N) is 1. The molecule has 3 amide bonds. The van der Waals surface area contributed by atoms with E-state index in [1.807, 2.05) is 36.4 Å². The van der Waals surface area contributed by atoms with Crippen molar-refractivity contribution in [3.8, 4) is 11.1 Å². The monoisotopic (exact) mass is 477 g/mol. The van der Waals surface area contributed by atoms with Gasteiger partial charge in [0.15, 0.2) is 0 Å². The number of carbonyl (C=O) groups is 4. The largest absolute Gasteiger partial charge is 0.480 e. The van der Waals surface area contributed by atoms with Crippen molar-refractivity contribution in [1.82, 2.24) is 15.1 Å². The SMILES string of the molecule is CC(C(=O)O)N1CCN(C(=O)C2(NC(=O)OCC3c4ccccc4-c4ccccc43)CC2)CC1=O. The van der Waals surface area contributed by atoms with Crippen molar-refractivity contribution in [1.29, 1.82) is 0 Å². The van der Waals surface area contributed by atoms with E-state index in [-0.39, 0.29) is 38.1 Å². The Morgan fingerprint density at radius 1 is 1.06 bits per heavy atom. The van der Waals surface area contributed by atoms with Crippen LogP contribution in [0.1, 0.15) is 36.8 Å². The lowest BCUT2D eigenvalue weighted by atomic mass is 9.98. The Kier molecular flexibility index (Phi) is 5.70. The van der Waals surface area contributed by atoms with Gasteiger partial charge >= 0.3 is 12.1 Å². The van der Waals surface area contributed by atoms with Gasteiger partial charge in [0.1, 0.15) is 18.2 Å². The first-order valence-electron chi connectivity index (χ1n) is 11.8. The maximum Gasteiger partial charge on any atom is 0.408 e. The van der Waals surface area contributed by atoms with Gasteiger partial charge in [-0.25, -0.2) is 9.59 Å². The fraction of sp³-hybridized carbons (Fsp3) is 0.385. The molecule has 2 aromatic rings. The quantitative estimate of drug-likeness (QED) is 0.659. The summed E-state index contributed by atoms with van der Waals surface area (Å²) in [6.45, 7) is 1.74. The Morgan fingerprint density at radius 3 is 2.20 bits per heavy atom. The Labute approximate surface area is 202 Å². The van der Waals surface area contributed by atoms with Crippen LogP contribution in [0.25, 0.3) is 11.1 Å². The summed E-state index contributed by atoms with van der Waals surface area (Å²) in [6, 6.07) is 15.1. The average molecular weight is 478 g/mol. The number of hydrogen-bond donors (Lipinski definition) is 2. The predicted octanol–water partition coefficient (Wildman–Crippen LogP) is 2.20. The van der Waals surface area contributed by atoms with Crippen molar-refractivity contribution >= 4 is 23.9 Å². The lowest BCUT2D eigenvalue weighted by Crippen LogP contribution is -2.60. The third kappa shape index (κ3) is 4.11. The van der Waals surface area contributed by atoms with Crippen molar-refractivity contribution in [2.45, 2.75) is 37.3 Å². The molecule has 2 aromatic carbocycles. The van der Waals surface area contributed by atoms with Crippen LogP contribution in [0.5, 0.6) is 0 Å². The molecule has 3 aliphatic rings. The van der Waals surface area contributed by atoms with Gasteiger partial charge in [0.2, 0.25) is 11.8 Å². The number of carbonyl (C=O) groups excluding carboxylic acids is 3. The zero-order valence-corrected chi connectivity index (χ0v) is 19.4. The van der Waals surface area contributed by atoms with Crippen LogP contribution in [0.4, 0.5) is 4.79 Å². The molecular weight excluding hydrogens is 450 g/mol. The van der Waals surface area contributed by atoms with Crippen LogP contribution < -0.4 is 5.32 Å². The minimum atomic E-state index is -1.09. The molecule has 0 aromatic heterocycles. The molecule has 1 unspecified atom stereocenters. The molecule has 0 spiro atoms. The molecule has 1 saturated heterocycles. The lowest BCUT2D eigenvalue weighted by molar-refractivity contribution is -0.155. The van der Waals surface area contributed by atoms with Gasteiger partial charge in [0, 0.05) is 19.0 Å². The second kappa shape index (κ2) is 8.72.